The van der Waals surface area contributed by atoms with Gasteiger partial charge in [0, 0.05) is 29.9 Å². The summed E-state index contributed by atoms with van der Waals surface area (Å²) in [5.41, 5.74) is 1.75. The second kappa shape index (κ2) is 9.18. The highest BCUT2D eigenvalue weighted by molar-refractivity contribution is 5.96. The third-order valence-corrected chi connectivity index (χ3v) is 6.39. The Morgan fingerprint density at radius 3 is 2.53 bits per heavy atom. The molecular formula is C26H23F3N6O. The third kappa shape index (κ3) is 4.58. The van der Waals surface area contributed by atoms with Crippen molar-refractivity contribution in [2.24, 2.45) is 0 Å². The monoisotopic (exact) mass is 492 g/mol. The van der Waals surface area contributed by atoms with E-state index in [0.29, 0.717) is 17.3 Å². The largest absolute Gasteiger partial charge is 0.433 e. The topological polar surface area (TPSA) is 83.9 Å². The summed E-state index contributed by atoms with van der Waals surface area (Å²) < 4.78 is 38.3. The van der Waals surface area contributed by atoms with Gasteiger partial charge in [-0.25, -0.2) is 15.0 Å². The molecular weight excluding hydrogens is 469 g/mol. The van der Waals surface area contributed by atoms with Gasteiger partial charge in [-0.1, -0.05) is 24.3 Å². The molecule has 5 rings (SSSR count). The lowest BCUT2D eigenvalue weighted by molar-refractivity contribution is -0.141. The van der Waals surface area contributed by atoms with Crippen LogP contribution < -0.4 is 10.2 Å². The Labute approximate surface area is 205 Å². The van der Waals surface area contributed by atoms with Crippen LogP contribution in [0.15, 0.2) is 54.9 Å². The fraction of sp³-hybridized carbons (Fsp3) is 0.269. The van der Waals surface area contributed by atoms with Gasteiger partial charge in [-0.3, -0.25) is 9.78 Å². The van der Waals surface area contributed by atoms with Gasteiger partial charge >= 0.3 is 6.18 Å². The summed E-state index contributed by atoms with van der Waals surface area (Å²) in [6.07, 6.45) is 0.811. The Morgan fingerprint density at radius 1 is 1.03 bits per heavy atom. The highest BCUT2D eigenvalue weighted by atomic mass is 19.4. The van der Waals surface area contributed by atoms with Gasteiger partial charge < -0.3 is 10.2 Å². The molecule has 0 radical (unpaired) electrons. The molecule has 3 aromatic heterocycles. The summed E-state index contributed by atoms with van der Waals surface area (Å²) in [4.78, 5) is 32.2. The second-order valence-electron chi connectivity index (χ2n) is 8.77. The molecule has 1 unspecified atom stereocenters. The van der Waals surface area contributed by atoms with Gasteiger partial charge in [0.15, 0.2) is 5.82 Å². The van der Waals surface area contributed by atoms with Crippen LogP contribution in [0.2, 0.25) is 0 Å². The highest BCUT2D eigenvalue weighted by Crippen LogP contribution is 2.32. The van der Waals surface area contributed by atoms with E-state index in [0.717, 1.165) is 53.6 Å². The molecule has 36 heavy (non-hydrogen) atoms. The van der Waals surface area contributed by atoms with E-state index in [1.54, 1.807) is 25.1 Å². The Morgan fingerprint density at radius 2 is 1.81 bits per heavy atom. The maximum absolute atomic E-state index is 13.0. The summed E-state index contributed by atoms with van der Waals surface area (Å²) in [6, 6.07) is 11.2. The van der Waals surface area contributed by atoms with Crippen molar-refractivity contribution in [3.05, 3.63) is 71.8 Å². The van der Waals surface area contributed by atoms with Crippen molar-refractivity contribution in [2.45, 2.75) is 38.4 Å². The van der Waals surface area contributed by atoms with Crippen LogP contribution in [0, 0.1) is 0 Å². The number of anilines is 2. The van der Waals surface area contributed by atoms with Crippen LogP contribution in [-0.2, 0) is 23.8 Å². The lowest BCUT2D eigenvalue weighted by Gasteiger charge is -2.27. The molecule has 1 amide bonds. The minimum Gasteiger partial charge on any atom is -0.348 e. The molecule has 1 atom stereocenters. The highest BCUT2D eigenvalue weighted by Gasteiger charge is 2.32. The Hall–Kier alpha value is -4.08. The number of likely N-dealkylation sites (N-methyl/N-ethyl adjacent to an activating group) is 1. The number of fused-ring (bicyclic) bond motifs is 2. The number of carbonyl (C=O) groups excluding carboxylic acids is 1. The zero-order chi connectivity index (χ0) is 25.4. The average molecular weight is 493 g/mol. The van der Waals surface area contributed by atoms with Gasteiger partial charge in [-0.05, 0) is 49.8 Å². The first kappa shape index (κ1) is 23.7. The number of hydrogen-bond acceptors (Lipinski definition) is 6. The molecule has 10 heteroatoms. The molecule has 1 aromatic carbocycles. The normalized spacial score (nSPS) is 13.9. The summed E-state index contributed by atoms with van der Waals surface area (Å²) in [7, 11) is 1.77. The number of rotatable bonds is 5. The van der Waals surface area contributed by atoms with Gasteiger partial charge in [0.1, 0.15) is 23.2 Å². The van der Waals surface area contributed by atoms with Crippen molar-refractivity contribution in [3.63, 3.8) is 0 Å². The van der Waals surface area contributed by atoms with Crippen LogP contribution in [0.5, 0.6) is 0 Å². The van der Waals surface area contributed by atoms with Crippen LogP contribution in [0.25, 0.3) is 22.3 Å². The number of halogens is 3. The van der Waals surface area contributed by atoms with E-state index in [4.69, 9.17) is 9.97 Å². The van der Waals surface area contributed by atoms with E-state index in [2.05, 4.69) is 15.3 Å². The molecule has 0 saturated heterocycles. The van der Waals surface area contributed by atoms with Gasteiger partial charge in [0.05, 0.1) is 11.9 Å². The molecule has 3 heterocycles. The first-order valence-electron chi connectivity index (χ1n) is 11.5. The van der Waals surface area contributed by atoms with Crippen LogP contribution in [0.1, 0.15) is 30.3 Å². The average Bonchev–Trinajstić information content (AvgIpc) is 3.35. The minimum absolute atomic E-state index is 0.183. The van der Waals surface area contributed by atoms with E-state index < -0.39 is 23.8 Å². The molecule has 0 saturated carbocycles. The number of nitrogens with one attached hydrogen (secondary N) is 1. The molecule has 1 N–H and O–H groups in total. The number of hydrogen-bond donors (Lipinski definition) is 1. The second-order valence-corrected chi connectivity index (χ2v) is 8.77. The molecule has 0 aliphatic heterocycles. The summed E-state index contributed by atoms with van der Waals surface area (Å²) in [5.74, 6) is 0.744. The maximum Gasteiger partial charge on any atom is 0.433 e. The molecule has 0 fully saturated rings. The standard InChI is InChI=1S/C26H23F3N6O/c1-15(25(36)32-18-10-11-22(31-14-18)26(27,28)29)35(2)24-19-8-5-9-20(19)33-23(34-24)21-12-16-6-3-4-7-17(16)13-30-21/h3-4,6-7,10-15H,5,8-9H2,1-2H3,(H,32,36). The number of nitrogens with zero attached hydrogens (tertiary/aromatic N) is 5. The minimum atomic E-state index is -4.54. The van der Waals surface area contributed by atoms with Crippen LogP contribution >= 0.6 is 0 Å². The first-order chi connectivity index (χ1) is 17.2. The molecule has 1 aliphatic carbocycles. The van der Waals surface area contributed by atoms with E-state index >= 15 is 0 Å². The number of benzene rings is 1. The van der Waals surface area contributed by atoms with Crippen molar-refractivity contribution in [1.29, 1.82) is 0 Å². The predicted octanol–water partition coefficient (Wildman–Crippen LogP) is 5.06. The van der Waals surface area contributed by atoms with Gasteiger partial charge in [-0.15, -0.1) is 0 Å². The SMILES string of the molecule is CC(C(=O)Nc1ccc(C(F)(F)F)nc1)N(C)c1nc(-c2cc3ccccc3cn2)nc2c1CCC2. The summed E-state index contributed by atoms with van der Waals surface area (Å²) in [5, 5.41) is 4.68. The Balaban J connectivity index is 1.41. The molecule has 184 valence electrons. The number of amides is 1. The number of alkyl halides is 3. The number of pyridine rings is 2. The lowest BCUT2D eigenvalue weighted by atomic mass is 10.1. The van der Waals surface area contributed by atoms with Crippen molar-refractivity contribution in [3.8, 4) is 11.5 Å². The summed E-state index contributed by atoms with van der Waals surface area (Å²) >= 11 is 0. The number of aryl methyl sites for hydroxylation is 1. The fourth-order valence-electron chi connectivity index (χ4n) is 4.27. The van der Waals surface area contributed by atoms with Crippen LogP contribution in [0.3, 0.4) is 0 Å². The van der Waals surface area contributed by atoms with Crippen molar-refractivity contribution in [1.82, 2.24) is 19.9 Å². The van der Waals surface area contributed by atoms with Gasteiger partial charge in [0.2, 0.25) is 5.91 Å². The van der Waals surface area contributed by atoms with Crippen LogP contribution in [0.4, 0.5) is 24.7 Å². The maximum atomic E-state index is 13.0. The smallest absolute Gasteiger partial charge is 0.348 e. The van der Waals surface area contributed by atoms with E-state index in [1.807, 2.05) is 30.3 Å². The van der Waals surface area contributed by atoms with Crippen LogP contribution in [-0.4, -0.2) is 38.9 Å². The summed E-state index contributed by atoms with van der Waals surface area (Å²) in [6.45, 7) is 1.71. The first-order valence-corrected chi connectivity index (χ1v) is 11.5. The van der Waals surface area contributed by atoms with E-state index in [-0.39, 0.29) is 5.69 Å². The molecule has 4 aromatic rings. The Kier molecular flexibility index (Phi) is 6.03. The fourth-order valence-corrected chi connectivity index (χ4v) is 4.27. The van der Waals surface area contributed by atoms with E-state index in [9.17, 15) is 18.0 Å². The zero-order valence-corrected chi connectivity index (χ0v) is 19.7. The predicted molar refractivity (Wildman–Crippen MR) is 131 cm³/mol. The van der Waals surface area contributed by atoms with Gasteiger partial charge in [-0.2, -0.15) is 13.2 Å². The molecule has 0 bridgehead atoms. The number of aromatic nitrogens is 4. The number of carbonyl (C=O) groups is 1. The zero-order valence-electron chi connectivity index (χ0n) is 19.7. The quantitative estimate of drug-likeness (QED) is 0.419. The van der Waals surface area contributed by atoms with Crippen molar-refractivity contribution >= 4 is 28.2 Å². The lowest BCUT2D eigenvalue weighted by Crippen LogP contribution is -2.40. The Bertz CT molecular complexity index is 1440. The van der Waals surface area contributed by atoms with Gasteiger partial charge in [0.25, 0.3) is 0 Å². The molecule has 7 nitrogen and oxygen atoms in total. The molecule has 1 aliphatic rings. The van der Waals surface area contributed by atoms with E-state index in [1.165, 1.54) is 6.07 Å². The van der Waals surface area contributed by atoms with Crippen molar-refractivity contribution in [2.75, 3.05) is 17.3 Å². The van der Waals surface area contributed by atoms with Crippen molar-refractivity contribution < 1.29 is 18.0 Å². The molecule has 0 spiro atoms. The third-order valence-electron chi connectivity index (χ3n) is 6.39.